The Labute approximate surface area is 122 Å². The zero-order chi connectivity index (χ0) is 15.6. The molecule has 0 unspecified atom stereocenters. The number of carbonyl (C=O) groups is 1. The minimum atomic E-state index is -1.08. The summed E-state index contributed by atoms with van der Waals surface area (Å²) in [6.45, 7) is 3.70. The molecule has 1 aromatic heterocycles. The van der Waals surface area contributed by atoms with Crippen molar-refractivity contribution < 1.29 is 14.8 Å². The van der Waals surface area contributed by atoms with Gasteiger partial charge in [0.05, 0.1) is 11.0 Å². The number of hydrogen-bond donors (Lipinski definition) is 2. The molecule has 0 saturated heterocycles. The van der Waals surface area contributed by atoms with Crippen LogP contribution < -0.4 is 5.32 Å². The molecular formula is C14H19N3O4. The molecule has 1 fully saturated rings. The van der Waals surface area contributed by atoms with E-state index in [1.54, 1.807) is 6.92 Å². The van der Waals surface area contributed by atoms with E-state index in [9.17, 15) is 20.0 Å². The van der Waals surface area contributed by atoms with Crippen molar-refractivity contribution in [1.29, 1.82) is 0 Å². The Morgan fingerprint density at radius 3 is 2.67 bits per heavy atom. The molecule has 2 rings (SSSR count). The van der Waals surface area contributed by atoms with Gasteiger partial charge in [-0.05, 0) is 38.5 Å². The number of rotatable bonds is 4. The largest absolute Gasteiger partial charge is 0.480 e. The second-order valence-electron chi connectivity index (χ2n) is 5.81. The number of aliphatic carboxylic acids is 1. The Morgan fingerprint density at radius 2 is 2.14 bits per heavy atom. The summed E-state index contributed by atoms with van der Waals surface area (Å²) < 4.78 is 0. The summed E-state index contributed by atoms with van der Waals surface area (Å²) in [5.41, 5.74) is -0.688. The monoisotopic (exact) mass is 293 g/mol. The van der Waals surface area contributed by atoms with Gasteiger partial charge >= 0.3 is 5.97 Å². The van der Waals surface area contributed by atoms with Crippen LogP contribution in [0.15, 0.2) is 12.3 Å². The quantitative estimate of drug-likeness (QED) is 0.653. The van der Waals surface area contributed by atoms with Gasteiger partial charge in [0, 0.05) is 11.8 Å². The first-order chi connectivity index (χ1) is 9.84. The van der Waals surface area contributed by atoms with Gasteiger partial charge in [-0.1, -0.05) is 6.92 Å². The van der Waals surface area contributed by atoms with Crippen LogP contribution in [0.5, 0.6) is 0 Å². The van der Waals surface area contributed by atoms with Crippen LogP contribution in [-0.2, 0) is 4.79 Å². The third-order valence-corrected chi connectivity index (χ3v) is 4.18. The number of carboxylic acid groups (broad SMARTS) is 1. The van der Waals surface area contributed by atoms with Crippen LogP contribution in [-0.4, -0.2) is 26.5 Å². The lowest BCUT2D eigenvalue weighted by atomic mass is 9.77. The standard InChI is InChI=1S/C14H19N3O4/c1-9-3-5-14(6-4-9,13(18)19)16-12-7-11(17(20)21)10(2)8-15-12/h7-9H,3-6H2,1-2H3,(H,15,16)(H,18,19). The van der Waals surface area contributed by atoms with E-state index in [-0.39, 0.29) is 11.5 Å². The summed E-state index contributed by atoms with van der Waals surface area (Å²) in [4.78, 5) is 26.2. The van der Waals surface area contributed by atoms with Crippen molar-refractivity contribution in [2.24, 2.45) is 5.92 Å². The van der Waals surface area contributed by atoms with E-state index in [1.165, 1.54) is 12.3 Å². The minimum absolute atomic E-state index is 0.0581. The number of nitro groups is 1. The summed E-state index contributed by atoms with van der Waals surface area (Å²) in [7, 11) is 0. The molecule has 0 amide bonds. The summed E-state index contributed by atoms with van der Waals surface area (Å²) >= 11 is 0. The SMILES string of the molecule is Cc1cnc(NC2(C(=O)O)CCC(C)CC2)cc1[N+](=O)[O-]. The van der Waals surface area contributed by atoms with E-state index >= 15 is 0 Å². The first kappa shape index (κ1) is 15.2. The van der Waals surface area contributed by atoms with Gasteiger partial charge in [-0.15, -0.1) is 0 Å². The Bertz CT molecular complexity index is 565. The molecule has 7 nitrogen and oxygen atoms in total. The topological polar surface area (TPSA) is 105 Å². The Kier molecular flexibility index (Phi) is 4.11. The fourth-order valence-electron chi connectivity index (χ4n) is 2.67. The number of carboxylic acids is 1. The van der Waals surface area contributed by atoms with Crippen LogP contribution in [0.3, 0.4) is 0 Å². The van der Waals surface area contributed by atoms with Gasteiger partial charge in [-0.25, -0.2) is 9.78 Å². The molecule has 1 aliphatic rings. The predicted octanol–water partition coefficient (Wildman–Crippen LogP) is 2.74. The number of nitrogens with zero attached hydrogens (tertiary/aromatic N) is 2. The van der Waals surface area contributed by atoms with E-state index in [0.29, 0.717) is 24.3 Å². The molecule has 1 heterocycles. The summed E-state index contributed by atoms with van der Waals surface area (Å²) in [5.74, 6) is -0.191. The highest BCUT2D eigenvalue weighted by Crippen LogP contribution is 2.35. The maximum absolute atomic E-state index is 11.6. The minimum Gasteiger partial charge on any atom is -0.480 e. The van der Waals surface area contributed by atoms with Crippen LogP contribution in [0.4, 0.5) is 11.5 Å². The highest BCUT2D eigenvalue weighted by Gasteiger charge is 2.41. The maximum atomic E-state index is 11.6. The van der Waals surface area contributed by atoms with E-state index < -0.39 is 16.4 Å². The van der Waals surface area contributed by atoms with Gasteiger partial charge in [-0.2, -0.15) is 0 Å². The highest BCUT2D eigenvalue weighted by atomic mass is 16.6. The molecule has 21 heavy (non-hydrogen) atoms. The molecule has 0 spiro atoms. The molecular weight excluding hydrogens is 274 g/mol. The molecule has 0 radical (unpaired) electrons. The van der Waals surface area contributed by atoms with Crippen molar-refractivity contribution in [3.8, 4) is 0 Å². The van der Waals surface area contributed by atoms with Gasteiger partial charge in [-0.3, -0.25) is 10.1 Å². The molecule has 0 aromatic carbocycles. The van der Waals surface area contributed by atoms with Gasteiger partial charge < -0.3 is 10.4 Å². The van der Waals surface area contributed by atoms with E-state index in [1.807, 2.05) is 0 Å². The number of nitrogens with one attached hydrogen (secondary N) is 1. The van der Waals surface area contributed by atoms with E-state index in [0.717, 1.165) is 12.8 Å². The van der Waals surface area contributed by atoms with Crippen molar-refractivity contribution in [3.05, 3.63) is 27.9 Å². The van der Waals surface area contributed by atoms with Crippen LogP contribution in [0.25, 0.3) is 0 Å². The second-order valence-corrected chi connectivity index (χ2v) is 5.81. The zero-order valence-corrected chi connectivity index (χ0v) is 12.1. The van der Waals surface area contributed by atoms with Crippen molar-refractivity contribution >= 4 is 17.5 Å². The van der Waals surface area contributed by atoms with Crippen molar-refractivity contribution in [3.63, 3.8) is 0 Å². The molecule has 2 N–H and O–H groups in total. The maximum Gasteiger partial charge on any atom is 0.329 e. The van der Waals surface area contributed by atoms with Crippen LogP contribution in [0.1, 0.15) is 38.2 Å². The molecule has 0 bridgehead atoms. The summed E-state index contributed by atoms with van der Waals surface area (Å²) in [6.07, 6.45) is 4.00. The number of aromatic nitrogens is 1. The zero-order valence-electron chi connectivity index (χ0n) is 12.1. The average Bonchev–Trinajstić information content (AvgIpc) is 2.43. The predicted molar refractivity (Wildman–Crippen MR) is 77.2 cm³/mol. The first-order valence-electron chi connectivity index (χ1n) is 6.97. The molecule has 0 atom stereocenters. The number of pyridine rings is 1. The first-order valence-corrected chi connectivity index (χ1v) is 6.97. The van der Waals surface area contributed by atoms with Gasteiger partial charge in [0.1, 0.15) is 11.4 Å². The van der Waals surface area contributed by atoms with Crippen molar-refractivity contribution in [2.75, 3.05) is 5.32 Å². The second kappa shape index (κ2) is 5.67. The highest BCUT2D eigenvalue weighted by molar-refractivity contribution is 5.82. The summed E-state index contributed by atoms with van der Waals surface area (Å²) in [5, 5.41) is 23.4. The summed E-state index contributed by atoms with van der Waals surface area (Å²) in [6, 6.07) is 1.30. The Morgan fingerprint density at radius 1 is 1.52 bits per heavy atom. The lowest BCUT2D eigenvalue weighted by Crippen LogP contribution is -2.49. The molecule has 7 heteroatoms. The number of aryl methyl sites for hydroxylation is 1. The number of hydrogen-bond acceptors (Lipinski definition) is 5. The molecule has 114 valence electrons. The average molecular weight is 293 g/mol. The van der Waals surface area contributed by atoms with E-state index in [2.05, 4.69) is 17.2 Å². The molecule has 1 saturated carbocycles. The van der Waals surface area contributed by atoms with Crippen LogP contribution in [0.2, 0.25) is 0 Å². The smallest absolute Gasteiger partial charge is 0.329 e. The number of anilines is 1. The fraction of sp³-hybridized carbons (Fsp3) is 0.571. The Balaban J connectivity index is 2.28. The van der Waals surface area contributed by atoms with Crippen molar-refractivity contribution in [1.82, 2.24) is 4.98 Å². The van der Waals surface area contributed by atoms with Gasteiger partial charge in [0.15, 0.2) is 0 Å². The van der Waals surface area contributed by atoms with E-state index in [4.69, 9.17) is 0 Å². The molecule has 0 aliphatic heterocycles. The lowest BCUT2D eigenvalue weighted by Gasteiger charge is -2.36. The van der Waals surface area contributed by atoms with Gasteiger partial charge in [0.2, 0.25) is 0 Å². The van der Waals surface area contributed by atoms with Crippen molar-refractivity contribution in [2.45, 2.75) is 45.1 Å². The third-order valence-electron chi connectivity index (χ3n) is 4.18. The fourth-order valence-corrected chi connectivity index (χ4v) is 2.67. The van der Waals surface area contributed by atoms with Crippen LogP contribution >= 0.6 is 0 Å². The molecule has 1 aliphatic carbocycles. The van der Waals surface area contributed by atoms with Crippen LogP contribution in [0, 0.1) is 23.0 Å². The Hall–Kier alpha value is -2.18. The molecule has 1 aromatic rings. The third kappa shape index (κ3) is 3.12. The van der Waals surface area contributed by atoms with Gasteiger partial charge in [0.25, 0.3) is 5.69 Å². The lowest BCUT2D eigenvalue weighted by molar-refractivity contribution is -0.385. The normalized spacial score (nSPS) is 25.3.